The van der Waals surface area contributed by atoms with Gasteiger partial charge in [0.1, 0.15) is 0 Å². The second-order valence-corrected chi connectivity index (χ2v) is 4.62. The molecule has 0 saturated carbocycles. The third-order valence-electron chi connectivity index (χ3n) is 3.34. The first kappa shape index (κ1) is 11.2. The second kappa shape index (κ2) is 4.39. The summed E-state index contributed by atoms with van der Waals surface area (Å²) in [5.74, 6) is 0.0859. The standard InChI is InChI=1S/C16H14O2/c1-11-7-13-9-18-10-14(13)8-15(11)16(17)12-5-3-2-4-6-12/h2-8H,9-10H2,1H3. The molecule has 0 unspecified atom stereocenters. The molecule has 0 N–H and O–H groups in total. The van der Waals surface area contributed by atoms with Crippen molar-refractivity contribution in [2.75, 3.05) is 0 Å². The molecule has 0 aromatic heterocycles. The Morgan fingerprint density at radius 3 is 2.44 bits per heavy atom. The smallest absolute Gasteiger partial charge is 0.193 e. The van der Waals surface area contributed by atoms with E-state index in [0.717, 1.165) is 22.3 Å². The average molecular weight is 238 g/mol. The summed E-state index contributed by atoms with van der Waals surface area (Å²) in [5.41, 5.74) is 4.88. The van der Waals surface area contributed by atoms with Gasteiger partial charge in [0, 0.05) is 11.1 Å². The summed E-state index contributed by atoms with van der Waals surface area (Å²) >= 11 is 0. The van der Waals surface area contributed by atoms with E-state index in [4.69, 9.17) is 4.74 Å². The maximum Gasteiger partial charge on any atom is 0.193 e. The fraction of sp³-hybridized carbons (Fsp3) is 0.188. The highest BCUT2D eigenvalue weighted by molar-refractivity contribution is 6.10. The zero-order valence-electron chi connectivity index (χ0n) is 10.3. The SMILES string of the molecule is Cc1cc2c(cc1C(=O)c1ccccc1)COC2. The summed E-state index contributed by atoms with van der Waals surface area (Å²) in [4.78, 5) is 12.4. The van der Waals surface area contributed by atoms with Gasteiger partial charge in [-0.05, 0) is 29.7 Å². The molecule has 2 aromatic carbocycles. The number of ether oxygens (including phenoxy) is 1. The minimum absolute atomic E-state index is 0.0859. The van der Waals surface area contributed by atoms with Crippen LogP contribution in [-0.4, -0.2) is 5.78 Å². The van der Waals surface area contributed by atoms with Crippen LogP contribution < -0.4 is 0 Å². The topological polar surface area (TPSA) is 26.3 Å². The first-order valence-electron chi connectivity index (χ1n) is 6.05. The van der Waals surface area contributed by atoms with Gasteiger partial charge < -0.3 is 4.74 Å². The maximum atomic E-state index is 12.4. The zero-order chi connectivity index (χ0) is 12.5. The molecule has 0 aliphatic carbocycles. The van der Waals surface area contributed by atoms with Gasteiger partial charge in [-0.3, -0.25) is 4.79 Å². The third kappa shape index (κ3) is 1.85. The first-order valence-corrected chi connectivity index (χ1v) is 6.05. The largest absolute Gasteiger partial charge is 0.372 e. The fourth-order valence-electron chi connectivity index (χ4n) is 2.34. The molecule has 2 nitrogen and oxygen atoms in total. The van der Waals surface area contributed by atoms with Gasteiger partial charge in [0.2, 0.25) is 0 Å². The number of carbonyl (C=O) groups excluding carboxylic acids is 1. The molecule has 1 aliphatic rings. The number of carbonyl (C=O) groups is 1. The van der Waals surface area contributed by atoms with E-state index in [0.29, 0.717) is 13.2 Å². The Kier molecular flexibility index (Phi) is 2.73. The minimum atomic E-state index is 0.0859. The molecule has 90 valence electrons. The number of ketones is 1. The Labute approximate surface area is 106 Å². The quantitative estimate of drug-likeness (QED) is 0.751. The summed E-state index contributed by atoms with van der Waals surface area (Å²) in [5, 5.41) is 0. The van der Waals surface area contributed by atoms with Crippen LogP contribution in [0.3, 0.4) is 0 Å². The molecule has 3 rings (SSSR count). The van der Waals surface area contributed by atoms with Crippen molar-refractivity contribution in [2.45, 2.75) is 20.1 Å². The summed E-state index contributed by atoms with van der Waals surface area (Å²) < 4.78 is 5.40. The summed E-state index contributed by atoms with van der Waals surface area (Å²) in [6, 6.07) is 13.4. The first-order chi connectivity index (χ1) is 8.75. The highest BCUT2D eigenvalue weighted by Gasteiger charge is 2.17. The maximum absolute atomic E-state index is 12.4. The van der Waals surface area contributed by atoms with E-state index in [9.17, 15) is 4.79 Å². The molecule has 0 bridgehead atoms. The van der Waals surface area contributed by atoms with E-state index in [2.05, 4.69) is 6.07 Å². The Morgan fingerprint density at radius 2 is 1.72 bits per heavy atom. The monoisotopic (exact) mass is 238 g/mol. The number of fused-ring (bicyclic) bond motifs is 1. The number of hydrogen-bond donors (Lipinski definition) is 0. The number of aryl methyl sites for hydroxylation is 1. The molecule has 0 spiro atoms. The van der Waals surface area contributed by atoms with Gasteiger partial charge in [-0.25, -0.2) is 0 Å². The zero-order valence-corrected chi connectivity index (χ0v) is 10.3. The van der Waals surface area contributed by atoms with Crippen LogP contribution in [0.4, 0.5) is 0 Å². The molecule has 2 heteroatoms. The lowest BCUT2D eigenvalue weighted by Crippen LogP contribution is -2.05. The molecule has 1 heterocycles. The molecule has 0 fully saturated rings. The summed E-state index contributed by atoms with van der Waals surface area (Å²) in [6.45, 7) is 3.26. The van der Waals surface area contributed by atoms with Crippen LogP contribution in [0.15, 0.2) is 42.5 Å². The highest BCUT2D eigenvalue weighted by atomic mass is 16.5. The van der Waals surface area contributed by atoms with Gasteiger partial charge in [0.25, 0.3) is 0 Å². The Balaban J connectivity index is 2.05. The summed E-state index contributed by atoms with van der Waals surface area (Å²) in [7, 11) is 0. The average Bonchev–Trinajstić information content (AvgIpc) is 2.85. The molecular formula is C16H14O2. The van der Waals surface area contributed by atoms with Crippen molar-refractivity contribution < 1.29 is 9.53 Å². The molecule has 0 atom stereocenters. The van der Waals surface area contributed by atoms with E-state index in [1.54, 1.807) is 0 Å². The molecular weight excluding hydrogens is 224 g/mol. The Morgan fingerprint density at radius 1 is 1.06 bits per heavy atom. The van der Waals surface area contributed by atoms with E-state index in [-0.39, 0.29) is 5.78 Å². The van der Waals surface area contributed by atoms with Crippen LogP contribution >= 0.6 is 0 Å². The van der Waals surface area contributed by atoms with Crippen LogP contribution in [0.2, 0.25) is 0 Å². The third-order valence-corrected chi connectivity index (χ3v) is 3.34. The van der Waals surface area contributed by atoms with Gasteiger partial charge in [0.05, 0.1) is 13.2 Å². The highest BCUT2D eigenvalue weighted by Crippen LogP contribution is 2.25. The fourth-order valence-corrected chi connectivity index (χ4v) is 2.34. The van der Waals surface area contributed by atoms with Gasteiger partial charge in [-0.1, -0.05) is 36.4 Å². The van der Waals surface area contributed by atoms with E-state index in [1.165, 1.54) is 5.56 Å². The van der Waals surface area contributed by atoms with Crippen LogP contribution in [0.25, 0.3) is 0 Å². The molecule has 0 amide bonds. The van der Waals surface area contributed by atoms with Crippen molar-refractivity contribution in [2.24, 2.45) is 0 Å². The van der Waals surface area contributed by atoms with Crippen molar-refractivity contribution in [3.8, 4) is 0 Å². The lowest BCUT2D eigenvalue weighted by atomic mass is 9.95. The number of rotatable bonds is 2. The predicted octanol–water partition coefficient (Wildman–Crippen LogP) is 3.26. The van der Waals surface area contributed by atoms with Crippen LogP contribution in [0.1, 0.15) is 32.6 Å². The molecule has 0 radical (unpaired) electrons. The van der Waals surface area contributed by atoms with Crippen LogP contribution in [0.5, 0.6) is 0 Å². The van der Waals surface area contributed by atoms with Crippen molar-refractivity contribution in [1.29, 1.82) is 0 Å². The van der Waals surface area contributed by atoms with Crippen molar-refractivity contribution >= 4 is 5.78 Å². The normalized spacial score (nSPS) is 13.4. The lowest BCUT2D eigenvalue weighted by Gasteiger charge is -2.07. The van der Waals surface area contributed by atoms with Gasteiger partial charge in [-0.15, -0.1) is 0 Å². The van der Waals surface area contributed by atoms with Crippen LogP contribution in [-0.2, 0) is 18.0 Å². The van der Waals surface area contributed by atoms with Gasteiger partial charge in [0.15, 0.2) is 5.78 Å². The molecule has 18 heavy (non-hydrogen) atoms. The van der Waals surface area contributed by atoms with E-state index in [1.807, 2.05) is 43.3 Å². The van der Waals surface area contributed by atoms with E-state index >= 15 is 0 Å². The van der Waals surface area contributed by atoms with Gasteiger partial charge in [-0.2, -0.15) is 0 Å². The Bertz CT molecular complexity index is 600. The van der Waals surface area contributed by atoms with Crippen molar-refractivity contribution in [3.63, 3.8) is 0 Å². The van der Waals surface area contributed by atoms with E-state index < -0.39 is 0 Å². The number of hydrogen-bond acceptors (Lipinski definition) is 2. The van der Waals surface area contributed by atoms with Crippen LogP contribution in [0, 0.1) is 6.92 Å². The summed E-state index contributed by atoms with van der Waals surface area (Å²) in [6.07, 6.45) is 0. The lowest BCUT2D eigenvalue weighted by molar-refractivity contribution is 0.103. The Hall–Kier alpha value is -1.93. The van der Waals surface area contributed by atoms with Gasteiger partial charge >= 0.3 is 0 Å². The van der Waals surface area contributed by atoms with Crippen molar-refractivity contribution in [1.82, 2.24) is 0 Å². The minimum Gasteiger partial charge on any atom is -0.372 e. The van der Waals surface area contributed by atoms with Crippen molar-refractivity contribution in [3.05, 3.63) is 70.3 Å². The molecule has 2 aromatic rings. The molecule has 0 saturated heterocycles. The number of benzene rings is 2. The molecule has 1 aliphatic heterocycles. The second-order valence-electron chi connectivity index (χ2n) is 4.62. The predicted molar refractivity (Wildman–Crippen MR) is 69.5 cm³/mol.